The van der Waals surface area contributed by atoms with Crippen LogP contribution in [0.2, 0.25) is 5.02 Å². The lowest BCUT2D eigenvalue weighted by Crippen LogP contribution is -2.43. The van der Waals surface area contributed by atoms with Crippen LogP contribution in [0.15, 0.2) is 47.3 Å². The Morgan fingerprint density at radius 1 is 1.13 bits per heavy atom. The molecule has 0 radical (unpaired) electrons. The summed E-state index contributed by atoms with van der Waals surface area (Å²) < 4.78 is 5.95. The highest BCUT2D eigenvalue weighted by Gasteiger charge is 2.48. The summed E-state index contributed by atoms with van der Waals surface area (Å²) in [4.78, 5) is 43.3. The molecule has 0 saturated heterocycles. The average molecular weight is 548 g/mol. The number of aryl methyl sites for hydroxylation is 2. The van der Waals surface area contributed by atoms with Crippen LogP contribution in [0.5, 0.6) is 0 Å². The number of hydrogen-bond acceptors (Lipinski definition) is 5. The lowest BCUT2D eigenvalue weighted by molar-refractivity contribution is -0.0308. The van der Waals surface area contributed by atoms with E-state index in [1.54, 1.807) is 6.07 Å². The predicted molar refractivity (Wildman–Crippen MR) is 153 cm³/mol. The number of halogens is 1. The third-order valence-corrected chi connectivity index (χ3v) is 8.51. The standard InChI is InChI=1S/C31H34ClN3O4/c1-5-35(22-10-12-31(13-11-22)26-9-7-6-8-23(26)30(38)39-31)27-16-21(32)15-24(20(27)4)28(36)33-17-25-18(2)14-19(3)34-29(25)37/h6-9,14-16,22H,5,10-13,17H2,1-4H3,(H,33,36)(H,34,37)/t22-,31+. The molecule has 1 amide bonds. The van der Waals surface area contributed by atoms with E-state index >= 15 is 0 Å². The minimum absolute atomic E-state index is 0.129. The van der Waals surface area contributed by atoms with Gasteiger partial charge in [0, 0.05) is 52.2 Å². The first-order chi connectivity index (χ1) is 18.6. The smallest absolute Gasteiger partial charge is 0.339 e. The number of aromatic amines is 1. The van der Waals surface area contributed by atoms with Gasteiger partial charge in [0.25, 0.3) is 11.5 Å². The zero-order valence-electron chi connectivity index (χ0n) is 22.8. The van der Waals surface area contributed by atoms with Crippen LogP contribution < -0.4 is 15.8 Å². The van der Waals surface area contributed by atoms with Gasteiger partial charge in [0.15, 0.2) is 0 Å². The third kappa shape index (κ3) is 4.96. The van der Waals surface area contributed by atoms with Crippen LogP contribution in [0.4, 0.5) is 5.69 Å². The van der Waals surface area contributed by atoms with E-state index in [0.717, 1.165) is 60.3 Å². The van der Waals surface area contributed by atoms with Crippen molar-refractivity contribution in [3.63, 3.8) is 0 Å². The zero-order chi connectivity index (χ0) is 27.9. The lowest BCUT2D eigenvalue weighted by Gasteiger charge is -2.42. The lowest BCUT2D eigenvalue weighted by atomic mass is 9.77. The Balaban J connectivity index is 1.35. The molecule has 2 heterocycles. The van der Waals surface area contributed by atoms with E-state index in [-0.39, 0.29) is 30.0 Å². The van der Waals surface area contributed by atoms with Crippen LogP contribution in [-0.4, -0.2) is 29.4 Å². The molecule has 1 fully saturated rings. The molecule has 7 nitrogen and oxygen atoms in total. The molecule has 0 unspecified atom stereocenters. The van der Waals surface area contributed by atoms with Crippen LogP contribution in [0.3, 0.4) is 0 Å². The number of benzene rings is 2. The molecule has 0 bridgehead atoms. The van der Waals surface area contributed by atoms with Crippen LogP contribution in [0, 0.1) is 20.8 Å². The monoisotopic (exact) mass is 547 g/mol. The average Bonchev–Trinajstić information content (AvgIpc) is 3.17. The van der Waals surface area contributed by atoms with Crippen LogP contribution in [-0.2, 0) is 16.9 Å². The minimum atomic E-state index is -0.552. The van der Waals surface area contributed by atoms with Gasteiger partial charge in [-0.1, -0.05) is 29.8 Å². The molecule has 2 N–H and O–H groups in total. The number of esters is 1. The van der Waals surface area contributed by atoms with Gasteiger partial charge in [-0.2, -0.15) is 0 Å². The van der Waals surface area contributed by atoms with Crippen molar-refractivity contribution in [1.82, 2.24) is 10.3 Å². The summed E-state index contributed by atoms with van der Waals surface area (Å²) in [5.41, 5.74) is 5.33. The molecule has 2 aromatic carbocycles. The molecule has 2 aliphatic rings. The first kappa shape index (κ1) is 27.0. The Labute approximate surface area is 233 Å². The van der Waals surface area contributed by atoms with E-state index in [1.807, 2.05) is 57.2 Å². The van der Waals surface area contributed by atoms with Gasteiger partial charge in [0.05, 0.1) is 5.56 Å². The molecule has 1 aromatic heterocycles. The molecule has 3 aromatic rings. The number of anilines is 1. The third-order valence-electron chi connectivity index (χ3n) is 8.29. The molecule has 1 aliphatic carbocycles. The second-order valence-corrected chi connectivity index (χ2v) is 11.1. The summed E-state index contributed by atoms with van der Waals surface area (Å²) in [6, 6.07) is 13.4. The number of carbonyl (C=O) groups excluding carboxylic acids is 2. The Bertz CT molecular complexity index is 1500. The summed E-state index contributed by atoms with van der Waals surface area (Å²) >= 11 is 6.54. The van der Waals surface area contributed by atoms with Crippen molar-refractivity contribution in [1.29, 1.82) is 0 Å². The molecule has 8 heteroatoms. The summed E-state index contributed by atoms with van der Waals surface area (Å²) in [5.74, 6) is -0.510. The minimum Gasteiger partial charge on any atom is -0.451 e. The van der Waals surface area contributed by atoms with Gasteiger partial charge in [-0.3, -0.25) is 9.59 Å². The molecule has 204 valence electrons. The fraction of sp³-hybridized carbons (Fsp3) is 0.387. The van der Waals surface area contributed by atoms with Crippen molar-refractivity contribution in [3.05, 3.63) is 96.9 Å². The molecular weight excluding hydrogens is 514 g/mol. The summed E-state index contributed by atoms with van der Waals surface area (Å²) in [6.07, 6.45) is 3.18. The van der Waals surface area contributed by atoms with Crippen LogP contribution >= 0.6 is 11.6 Å². The quantitative estimate of drug-likeness (QED) is 0.385. The van der Waals surface area contributed by atoms with Gasteiger partial charge in [0.1, 0.15) is 5.60 Å². The number of aromatic nitrogens is 1. The number of nitrogens with zero attached hydrogens (tertiary/aromatic N) is 1. The van der Waals surface area contributed by atoms with E-state index < -0.39 is 5.60 Å². The number of ether oxygens (including phenoxy) is 1. The molecule has 0 atom stereocenters. The van der Waals surface area contributed by atoms with Crippen molar-refractivity contribution in [3.8, 4) is 0 Å². The Kier molecular flexibility index (Phi) is 7.29. The van der Waals surface area contributed by atoms with Crippen molar-refractivity contribution in [2.45, 2.75) is 71.6 Å². The van der Waals surface area contributed by atoms with Gasteiger partial charge in [-0.25, -0.2) is 4.79 Å². The van der Waals surface area contributed by atoms with Gasteiger partial charge in [-0.15, -0.1) is 0 Å². The van der Waals surface area contributed by atoms with Crippen molar-refractivity contribution < 1.29 is 14.3 Å². The number of pyridine rings is 1. The van der Waals surface area contributed by atoms with Crippen LogP contribution in [0.1, 0.15) is 81.3 Å². The fourth-order valence-electron chi connectivity index (χ4n) is 6.29. The summed E-state index contributed by atoms with van der Waals surface area (Å²) in [5, 5.41) is 3.39. The van der Waals surface area contributed by atoms with E-state index in [1.165, 1.54) is 0 Å². The number of hydrogen-bond donors (Lipinski definition) is 2. The Morgan fingerprint density at radius 3 is 2.54 bits per heavy atom. The van der Waals surface area contributed by atoms with E-state index in [0.29, 0.717) is 21.7 Å². The number of H-pyrrole nitrogens is 1. The Hall–Kier alpha value is -3.58. The number of rotatable bonds is 6. The number of carbonyl (C=O) groups is 2. The highest BCUT2D eigenvalue weighted by Crippen LogP contribution is 2.48. The van der Waals surface area contributed by atoms with Crippen molar-refractivity contribution in [2.75, 3.05) is 11.4 Å². The van der Waals surface area contributed by atoms with Gasteiger partial charge in [-0.05, 0) is 88.8 Å². The molecule has 5 rings (SSSR count). The van der Waals surface area contributed by atoms with E-state index in [4.69, 9.17) is 16.3 Å². The predicted octanol–water partition coefficient (Wildman–Crippen LogP) is 5.72. The highest BCUT2D eigenvalue weighted by molar-refractivity contribution is 6.31. The summed E-state index contributed by atoms with van der Waals surface area (Å²) in [7, 11) is 0. The maximum absolute atomic E-state index is 13.3. The second kappa shape index (κ2) is 10.5. The molecular formula is C31H34ClN3O4. The maximum atomic E-state index is 13.3. The van der Waals surface area contributed by atoms with Crippen molar-refractivity contribution >= 4 is 29.2 Å². The second-order valence-electron chi connectivity index (χ2n) is 10.7. The SMILES string of the molecule is CCN(c1cc(Cl)cc(C(=O)NCc2c(C)cc(C)[nH]c2=O)c1C)[C@H]1CC[C@]2(CC1)OC(=O)c1ccccc12. The van der Waals surface area contributed by atoms with Gasteiger partial charge >= 0.3 is 5.97 Å². The van der Waals surface area contributed by atoms with E-state index in [9.17, 15) is 14.4 Å². The van der Waals surface area contributed by atoms with Crippen molar-refractivity contribution in [2.24, 2.45) is 0 Å². The van der Waals surface area contributed by atoms with E-state index in [2.05, 4.69) is 22.1 Å². The van der Waals surface area contributed by atoms with Gasteiger partial charge < -0.3 is 19.9 Å². The van der Waals surface area contributed by atoms with Gasteiger partial charge in [0.2, 0.25) is 0 Å². The number of nitrogens with one attached hydrogen (secondary N) is 2. The molecule has 1 saturated carbocycles. The van der Waals surface area contributed by atoms with Crippen LogP contribution in [0.25, 0.3) is 0 Å². The summed E-state index contributed by atoms with van der Waals surface area (Å²) in [6.45, 7) is 8.61. The zero-order valence-corrected chi connectivity index (χ0v) is 23.6. The first-order valence-corrected chi connectivity index (χ1v) is 13.9. The molecule has 39 heavy (non-hydrogen) atoms. The number of fused-ring (bicyclic) bond motifs is 2. The largest absolute Gasteiger partial charge is 0.451 e. The fourth-order valence-corrected chi connectivity index (χ4v) is 6.50. The first-order valence-electron chi connectivity index (χ1n) is 13.5. The maximum Gasteiger partial charge on any atom is 0.339 e. The molecule has 1 spiro atoms. The highest BCUT2D eigenvalue weighted by atomic mass is 35.5. The topological polar surface area (TPSA) is 91.5 Å². The normalized spacial score (nSPS) is 20.0. The number of amides is 1. The Morgan fingerprint density at radius 2 is 1.85 bits per heavy atom. The molecule has 1 aliphatic heterocycles.